The summed E-state index contributed by atoms with van der Waals surface area (Å²) in [6, 6.07) is 9.52. The van der Waals surface area contributed by atoms with Crippen LogP contribution in [-0.2, 0) is 9.53 Å². The van der Waals surface area contributed by atoms with Crippen LogP contribution in [0.5, 0.6) is 5.75 Å². The number of nitrogens with zero attached hydrogens (tertiary/aromatic N) is 2. The van der Waals surface area contributed by atoms with E-state index in [-0.39, 0.29) is 40.3 Å². The number of hydrogen-bond acceptors (Lipinski definition) is 8. The molecule has 3 amide bonds. The number of benzene rings is 2. The van der Waals surface area contributed by atoms with E-state index in [4.69, 9.17) is 16.2 Å². The molecule has 2 atom stereocenters. The Balaban J connectivity index is 1.79. The molecule has 2 heterocycles. The van der Waals surface area contributed by atoms with Gasteiger partial charge in [0.2, 0.25) is 5.91 Å². The van der Waals surface area contributed by atoms with Crippen LogP contribution in [0.1, 0.15) is 44.6 Å². The fourth-order valence-corrected chi connectivity index (χ4v) is 4.66. The molecule has 3 aromatic rings. The van der Waals surface area contributed by atoms with Crippen molar-refractivity contribution in [2.24, 2.45) is 5.73 Å². The van der Waals surface area contributed by atoms with Gasteiger partial charge in [0.25, 0.3) is 11.8 Å². The highest BCUT2D eigenvalue weighted by Gasteiger charge is 2.36. The van der Waals surface area contributed by atoms with Gasteiger partial charge in [-0.05, 0) is 66.3 Å². The first-order chi connectivity index (χ1) is 17.3. The van der Waals surface area contributed by atoms with Gasteiger partial charge in [-0.1, -0.05) is 12.1 Å². The highest BCUT2D eigenvalue weighted by atomic mass is 32.1. The van der Waals surface area contributed by atoms with Crippen molar-refractivity contribution < 1.29 is 28.6 Å². The number of hydrogen-bond donors (Lipinski definition) is 4. The molecular weight excluding hydrogens is 489 g/mol. The summed E-state index contributed by atoms with van der Waals surface area (Å²) < 4.78 is 23.2. The lowest BCUT2D eigenvalue weighted by atomic mass is 10.0. The van der Waals surface area contributed by atoms with Gasteiger partial charge in [0.05, 0.1) is 11.8 Å². The molecular formula is C24H24FN5O5S. The zero-order chi connectivity index (χ0) is 25.8. The Hall–Kier alpha value is -4.03. The second-order valence-corrected chi connectivity index (χ2v) is 8.94. The van der Waals surface area contributed by atoms with Crippen molar-refractivity contribution in [1.29, 1.82) is 0 Å². The van der Waals surface area contributed by atoms with E-state index in [2.05, 4.69) is 9.69 Å². The van der Waals surface area contributed by atoms with Gasteiger partial charge in [-0.15, -0.1) is 0 Å². The summed E-state index contributed by atoms with van der Waals surface area (Å²) >= 11 is 0.666. The number of anilines is 2. The highest BCUT2D eigenvalue weighted by molar-refractivity contribution is 7.09. The Morgan fingerprint density at radius 3 is 2.47 bits per heavy atom. The van der Waals surface area contributed by atoms with E-state index in [9.17, 15) is 23.9 Å². The molecule has 0 bridgehead atoms. The van der Waals surface area contributed by atoms with Gasteiger partial charge < -0.3 is 26.6 Å². The molecule has 1 fully saturated rings. The molecule has 12 heteroatoms. The minimum atomic E-state index is -1.25. The third-order valence-electron chi connectivity index (χ3n) is 5.72. The summed E-state index contributed by atoms with van der Waals surface area (Å²) in [5.74, 6) is -2.75. The number of nitrogens with two attached hydrogens (primary N) is 2. The van der Waals surface area contributed by atoms with Crippen molar-refractivity contribution in [3.05, 3.63) is 70.5 Å². The number of halogens is 1. The number of aromatic hydroxyl groups is 1. The van der Waals surface area contributed by atoms with Crippen LogP contribution in [0.2, 0.25) is 0 Å². The fraction of sp³-hybridized carbons (Fsp3) is 0.250. The maximum absolute atomic E-state index is 13.9. The van der Waals surface area contributed by atoms with E-state index in [1.165, 1.54) is 36.4 Å². The summed E-state index contributed by atoms with van der Waals surface area (Å²) in [5.41, 5.74) is 11.4. The third kappa shape index (κ3) is 5.29. The second-order valence-electron chi connectivity index (χ2n) is 8.16. The number of primary amides is 1. The standard InChI is InChI=1S/C24H24FN5O5S/c25-14-5-7-15(8-6-14)30(24(34)21-18(26)19(22(27)32)29-36-21)20(13-3-9-16(31)10-4-13)23(33)28-12-17-2-1-11-35-17/h3-10,17,20,31H,1-2,11-12,26H2,(H2,27,32)(H,28,33). The average Bonchev–Trinajstić information content (AvgIpc) is 3.52. The Morgan fingerprint density at radius 2 is 1.89 bits per heavy atom. The molecule has 0 radical (unpaired) electrons. The van der Waals surface area contributed by atoms with E-state index in [0.717, 1.165) is 29.9 Å². The third-order valence-corrected chi connectivity index (χ3v) is 6.57. The number of aromatic nitrogens is 1. The molecule has 10 nitrogen and oxygen atoms in total. The summed E-state index contributed by atoms with van der Waals surface area (Å²) in [4.78, 5) is 40.1. The molecule has 1 aliphatic heterocycles. The number of nitrogen functional groups attached to an aromatic ring is 1. The van der Waals surface area contributed by atoms with E-state index in [1.807, 2.05) is 0 Å². The predicted molar refractivity (Wildman–Crippen MR) is 131 cm³/mol. The molecule has 0 aliphatic carbocycles. The van der Waals surface area contributed by atoms with Gasteiger partial charge in [-0.25, -0.2) is 4.39 Å². The van der Waals surface area contributed by atoms with Crippen molar-refractivity contribution in [1.82, 2.24) is 9.69 Å². The number of amides is 3. The Kier molecular flexibility index (Phi) is 7.46. The van der Waals surface area contributed by atoms with E-state index >= 15 is 0 Å². The first kappa shape index (κ1) is 25.1. The molecule has 2 aromatic carbocycles. The lowest BCUT2D eigenvalue weighted by molar-refractivity contribution is -0.123. The summed E-state index contributed by atoms with van der Waals surface area (Å²) in [6.45, 7) is 0.836. The largest absolute Gasteiger partial charge is 0.508 e. The summed E-state index contributed by atoms with van der Waals surface area (Å²) in [5, 5.41) is 12.6. The van der Waals surface area contributed by atoms with Gasteiger partial charge >= 0.3 is 0 Å². The maximum Gasteiger partial charge on any atom is 0.273 e. The van der Waals surface area contributed by atoms with Crippen LogP contribution in [0.25, 0.3) is 0 Å². The van der Waals surface area contributed by atoms with Crippen LogP contribution >= 0.6 is 11.5 Å². The average molecular weight is 514 g/mol. The zero-order valence-electron chi connectivity index (χ0n) is 19.0. The Bertz CT molecular complexity index is 1260. The highest BCUT2D eigenvalue weighted by Crippen LogP contribution is 2.33. The molecule has 1 aliphatic rings. The number of rotatable bonds is 8. The molecule has 2 unspecified atom stereocenters. The quantitative estimate of drug-likeness (QED) is 0.359. The van der Waals surface area contributed by atoms with Crippen LogP contribution < -0.4 is 21.7 Å². The maximum atomic E-state index is 13.9. The molecule has 36 heavy (non-hydrogen) atoms. The van der Waals surface area contributed by atoms with E-state index in [0.29, 0.717) is 23.7 Å². The van der Waals surface area contributed by atoms with Gasteiger partial charge in [0.1, 0.15) is 22.5 Å². The van der Waals surface area contributed by atoms with Gasteiger partial charge in [-0.3, -0.25) is 19.3 Å². The lowest BCUT2D eigenvalue weighted by Gasteiger charge is -2.31. The smallest absolute Gasteiger partial charge is 0.273 e. The fourth-order valence-electron chi connectivity index (χ4n) is 3.91. The number of carbonyl (C=O) groups excluding carboxylic acids is 3. The van der Waals surface area contributed by atoms with Crippen LogP contribution in [0.4, 0.5) is 15.8 Å². The number of ether oxygens (including phenoxy) is 1. The number of nitrogens with one attached hydrogen (secondary N) is 1. The van der Waals surface area contributed by atoms with Gasteiger partial charge in [-0.2, -0.15) is 4.37 Å². The zero-order valence-corrected chi connectivity index (χ0v) is 19.8. The van der Waals surface area contributed by atoms with Crippen LogP contribution in [0.3, 0.4) is 0 Å². The summed E-state index contributed by atoms with van der Waals surface area (Å²) in [6.07, 6.45) is 1.52. The van der Waals surface area contributed by atoms with Crippen molar-refractivity contribution in [2.75, 3.05) is 23.8 Å². The minimum absolute atomic E-state index is 0.0327. The SMILES string of the molecule is NC(=O)c1nsc(C(=O)N(c2ccc(F)cc2)C(C(=O)NCC2CCCO2)c2ccc(O)cc2)c1N. The molecule has 0 spiro atoms. The normalized spacial score (nSPS) is 15.9. The number of phenolic OH excluding ortho intramolecular Hbond substituents is 1. The van der Waals surface area contributed by atoms with E-state index < -0.39 is 29.6 Å². The van der Waals surface area contributed by atoms with Crippen LogP contribution in [-0.4, -0.2) is 46.5 Å². The first-order valence-electron chi connectivity index (χ1n) is 11.1. The number of phenols is 1. The Morgan fingerprint density at radius 1 is 1.19 bits per heavy atom. The van der Waals surface area contributed by atoms with Crippen LogP contribution in [0.15, 0.2) is 48.5 Å². The van der Waals surface area contributed by atoms with Gasteiger partial charge in [0, 0.05) is 18.8 Å². The van der Waals surface area contributed by atoms with Crippen molar-refractivity contribution >= 4 is 40.6 Å². The minimum Gasteiger partial charge on any atom is -0.508 e. The Labute approximate surface area is 209 Å². The molecule has 4 rings (SSSR count). The van der Waals surface area contributed by atoms with Crippen molar-refractivity contribution in [2.45, 2.75) is 25.0 Å². The molecule has 188 valence electrons. The van der Waals surface area contributed by atoms with Crippen LogP contribution in [0, 0.1) is 5.82 Å². The molecule has 1 aromatic heterocycles. The van der Waals surface area contributed by atoms with Gasteiger partial charge in [0.15, 0.2) is 5.69 Å². The van der Waals surface area contributed by atoms with E-state index in [1.54, 1.807) is 0 Å². The molecule has 1 saturated heterocycles. The monoisotopic (exact) mass is 513 g/mol. The second kappa shape index (κ2) is 10.7. The summed E-state index contributed by atoms with van der Waals surface area (Å²) in [7, 11) is 0. The topological polar surface area (TPSA) is 161 Å². The molecule has 0 saturated carbocycles. The van der Waals surface area contributed by atoms with Crippen molar-refractivity contribution in [3.8, 4) is 5.75 Å². The lowest BCUT2D eigenvalue weighted by Crippen LogP contribution is -2.45. The van der Waals surface area contributed by atoms with Crippen molar-refractivity contribution in [3.63, 3.8) is 0 Å². The number of carbonyl (C=O) groups is 3. The predicted octanol–water partition coefficient (Wildman–Crippen LogP) is 2.35. The molecule has 6 N–H and O–H groups in total. The first-order valence-corrected chi connectivity index (χ1v) is 11.9.